The van der Waals surface area contributed by atoms with Crippen molar-refractivity contribution in [1.82, 2.24) is 4.98 Å². The predicted octanol–water partition coefficient (Wildman–Crippen LogP) is 3.19. The van der Waals surface area contributed by atoms with Crippen molar-refractivity contribution in [2.45, 2.75) is 6.54 Å². The lowest BCUT2D eigenvalue weighted by molar-refractivity contribution is 0.516. The smallest absolute Gasteiger partial charge is 0.212 e. The van der Waals surface area contributed by atoms with Gasteiger partial charge in [0.1, 0.15) is 5.76 Å². The first-order valence-corrected chi connectivity index (χ1v) is 5.12. The van der Waals surface area contributed by atoms with Crippen molar-refractivity contribution in [1.29, 1.82) is 0 Å². The zero-order valence-corrected chi connectivity index (χ0v) is 9.29. The summed E-state index contributed by atoms with van der Waals surface area (Å²) in [7, 11) is 0. The van der Waals surface area contributed by atoms with Crippen molar-refractivity contribution in [3.63, 3.8) is 0 Å². The number of aromatic nitrogens is 1. The van der Waals surface area contributed by atoms with Crippen LogP contribution in [0.25, 0.3) is 0 Å². The molecule has 0 fully saturated rings. The molecule has 0 unspecified atom stereocenters. The number of rotatable bonds is 3. The minimum Gasteiger partial charge on any atom is -0.466 e. The van der Waals surface area contributed by atoms with E-state index >= 15 is 0 Å². The van der Waals surface area contributed by atoms with Crippen LogP contribution in [-0.4, -0.2) is 4.98 Å². The normalized spacial score (nSPS) is 10.3. The highest BCUT2D eigenvalue weighted by atomic mass is 79.9. The molecule has 2 rings (SSSR count). The molecule has 0 aliphatic heterocycles. The van der Waals surface area contributed by atoms with E-state index in [9.17, 15) is 4.39 Å². The van der Waals surface area contributed by atoms with Crippen LogP contribution in [0.1, 0.15) is 5.76 Å². The van der Waals surface area contributed by atoms with E-state index in [1.807, 2.05) is 6.07 Å². The number of nitrogens with one attached hydrogen (secondary N) is 1. The van der Waals surface area contributed by atoms with E-state index in [0.29, 0.717) is 6.54 Å². The van der Waals surface area contributed by atoms with Gasteiger partial charge < -0.3 is 9.73 Å². The first kappa shape index (κ1) is 10.2. The van der Waals surface area contributed by atoms with Gasteiger partial charge in [-0.2, -0.15) is 4.39 Å². The maximum absolute atomic E-state index is 12.5. The Morgan fingerprint density at radius 3 is 2.87 bits per heavy atom. The van der Waals surface area contributed by atoms with Crippen LogP contribution in [0.4, 0.5) is 10.1 Å². The van der Waals surface area contributed by atoms with Crippen LogP contribution in [0.2, 0.25) is 0 Å². The van der Waals surface area contributed by atoms with Gasteiger partial charge in [0.15, 0.2) is 0 Å². The van der Waals surface area contributed by atoms with Crippen molar-refractivity contribution in [3.8, 4) is 0 Å². The van der Waals surface area contributed by atoms with Gasteiger partial charge in [-0.25, -0.2) is 4.98 Å². The Morgan fingerprint density at radius 1 is 1.40 bits per heavy atom. The largest absolute Gasteiger partial charge is 0.466 e. The highest BCUT2D eigenvalue weighted by molar-refractivity contribution is 9.10. The van der Waals surface area contributed by atoms with Crippen LogP contribution < -0.4 is 5.32 Å². The average molecular weight is 271 g/mol. The summed E-state index contributed by atoms with van der Waals surface area (Å²) in [5.41, 5.74) is 0.750. The lowest BCUT2D eigenvalue weighted by Gasteiger charge is -2.03. The Morgan fingerprint density at radius 2 is 2.27 bits per heavy atom. The van der Waals surface area contributed by atoms with Crippen molar-refractivity contribution in [2.24, 2.45) is 0 Å². The van der Waals surface area contributed by atoms with Crippen molar-refractivity contribution in [2.75, 3.05) is 5.32 Å². The summed E-state index contributed by atoms with van der Waals surface area (Å²) in [6.07, 6.45) is 3.04. The molecular formula is C10H8BrFN2O. The first-order chi connectivity index (χ1) is 7.25. The molecule has 0 aliphatic rings. The van der Waals surface area contributed by atoms with E-state index in [0.717, 1.165) is 15.9 Å². The van der Waals surface area contributed by atoms with E-state index in [1.54, 1.807) is 12.3 Å². The number of pyridine rings is 1. The lowest BCUT2D eigenvalue weighted by atomic mass is 10.4. The molecular weight excluding hydrogens is 263 g/mol. The van der Waals surface area contributed by atoms with Crippen molar-refractivity contribution in [3.05, 3.63) is 46.8 Å². The summed E-state index contributed by atoms with van der Waals surface area (Å²) < 4.78 is 18.6. The summed E-state index contributed by atoms with van der Waals surface area (Å²) >= 11 is 3.34. The Kier molecular flexibility index (Phi) is 3.01. The Hall–Kier alpha value is -1.36. The van der Waals surface area contributed by atoms with Crippen LogP contribution in [0.15, 0.2) is 39.5 Å². The van der Waals surface area contributed by atoms with E-state index < -0.39 is 5.95 Å². The first-order valence-electron chi connectivity index (χ1n) is 4.33. The average Bonchev–Trinajstić information content (AvgIpc) is 2.63. The molecule has 2 aromatic rings. The van der Waals surface area contributed by atoms with Crippen molar-refractivity contribution < 1.29 is 8.81 Å². The van der Waals surface area contributed by atoms with Crippen LogP contribution in [0, 0.1) is 5.95 Å². The summed E-state index contributed by atoms with van der Waals surface area (Å²) in [5, 5.41) is 3.06. The molecule has 0 aliphatic carbocycles. The number of furan rings is 1. The molecule has 15 heavy (non-hydrogen) atoms. The predicted molar refractivity (Wildman–Crippen MR) is 57.9 cm³/mol. The topological polar surface area (TPSA) is 38.1 Å². The molecule has 0 saturated carbocycles. The number of hydrogen-bond acceptors (Lipinski definition) is 3. The molecule has 0 aromatic carbocycles. The minimum absolute atomic E-state index is 0.486. The van der Waals surface area contributed by atoms with Crippen LogP contribution in [0.3, 0.4) is 0 Å². The second-order valence-electron chi connectivity index (χ2n) is 2.91. The van der Waals surface area contributed by atoms with Gasteiger partial charge in [-0.3, -0.25) is 0 Å². The van der Waals surface area contributed by atoms with E-state index in [1.165, 1.54) is 12.3 Å². The van der Waals surface area contributed by atoms with Gasteiger partial charge in [-0.05, 0) is 34.1 Å². The fraction of sp³-hybridized carbons (Fsp3) is 0.100. The molecule has 0 spiro atoms. The molecule has 2 aromatic heterocycles. The number of hydrogen-bond donors (Lipinski definition) is 1. The molecule has 78 valence electrons. The Balaban J connectivity index is 1.99. The maximum Gasteiger partial charge on any atom is 0.212 e. The molecule has 0 bridgehead atoms. The van der Waals surface area contributed by atoms with E-state index in [2.05, 4.69) is 26.2 Å². The Bertz CT molecular complexity index is 441. The highest BCUT2D eigenvalue weighted by Gasteiger charge is 2.02. The number of anilines is 1. The van der Waals surface area contributed by atoms with Gasteiger partial charge in [-0.15, -0.1) is 0 Å². The number of halogens is 2. The van der Waals surface area contributed by atoms with Crippen LogP contribution >= 0.6 is 15.9 Å². The van der Waals surface area contributed by atoms with Crippen LogP contribution in [0.5, 0.6) is 0 Å². The molecule has 5 heteroatoms. The second-order valence-corrected chi connectivity index (χ2v) is 3.77. The summed E-state index contributed by atoms with van der Waals surface area (Å²) in [4.78, 5) is 3.53. The molecule has 1 N–H and O–H groups in total. The van der Waals surface area contributed by atoms with Gasteiger partial charge >= 0.3 is 0 Å². The molecule has 0 radical (unpaired) electrons. The summed E-state index contributed by atoms with van der Waals surface area (Å²) in [5.74, 6) is 0.305. The molecule has 0 atom stereocenters. The summed E-state index contributed by atoms with van der Waals surface area (Å²) in [6.45, 7) is 0.529. The van der Waals surface area contributed by atoms with E-state index in [-0.39, 0.29) is 0 Å². The monoisotopic (exact) mass is 270 g/mol. The third kappa shape index (κ3) is 2.56. The zero-order valence-electron chi connectivity index (χ0n) is 7.71. The summed E-state index contributed by atoms with van der Waals surface area (Å²) in [6, 6.07) is 4.75. The number of nitrogens with zero attached hydrogens (tertiary/aromatic N) is 1. The molecule has 0 amide bonds. The SMILES string of the molecule is Fc1ccc(NCc2occc2Br)cn1. The van der Waals surface area contributed by atoms with Crippen molar-refractivity contribution >= 4 is 21.6 Å². The quantitative estimate of drug-likeness (QED) is 0.871. The molecule has 0 saturated heterocycles. The minimum atomic E-state index is -0.486. The lowest BCUT2D eigenvalue weighted by Crippen LogP contribution is -1.99. The van der Waals surface area contributed by atoms with Gasteiger partial charge in [0.05, 0.1) is 29.2 Å². The molecule has 2 heterocycles. The van der Waals surface area contributed by atoms with Gasteiger partial charge in [0, 0.05) is 0 Å². The Labute approximate surface area is 94.5 Å². The van der Waals surface area contributed by atoms with Gasteiger partial charge in [0.2, 0.25) is 5.95 Å². The van der Waals surface area contributed by atoms with E-state index in [4.69, 9.17) is 4.42 Å². The standard InChI is InChI=1S/C10H8BrFN2O/c11-8-3-4-15-9(8)6-13-7-1-2-10(12)14-5-7/h1-5,13H,6H2. The third-order valence-corrected chi connectivity index (χ3v) is 2.58. The fourth-order valence-corrected chi connectivity index (χ4v) is 1.46. The second kappa shape index (κ2) is 4.44. The molecule has 3 nitrogen and oxygen atoms in total. The van der Waals surface area contributed by atoms with Gasteiger partial charge in [0.25, 0.3) is 0 Å². The van der Waals surface area contributed by atoms with Crippen LogP contribution in [-0.2, 0) is 6.54 Å². The maximum atomic E-state index is 12.5. The zero-order chi connectivity index (χ0) is 10.7. The third-order valence-electron chi connectivity index (χ3n) is 1.87. The van der Waals surface area contributed by atoms with Gasteiger partial charge in [-0.1, -0.05) is 0 Å². The fourth-order valence-electron chi connectivity index (χ4n) is 1.11. The highest BCUT2D eigenvalue weighted by Crippen LogP contribution is 2.18.